The number of halogens is 3. The molecule has 2 aromatic heterocycles. The molecule has 0 radical (unpaired) electrons. The van der Waals surface area contributed by atoms with E-state index < -0.39 is 12.0 Å². The van der Waals surface area contributed by atoms with Gasteiger partial charge in [0, 0.05) is 47.4 Å². The van der Waals surface area contributed by atoms with E-state index in [-0.39, 0.29) is 35.7 Å². The zero-order valence-electron chi connectivity index (χ0n) is 25.4. The molecule has 2 N–H and O–H groups in total. The van der Waals surface area contributed by atoms with E-state index in [4.69, 9.17) is 36.6 Å². The van der Waals surface area contributed by atoms with Crippen LogP contribution in [0.5, 0.6) is 6.01 Å². The van der Waals surface area contributed by atoms with Crippen molar-refractivity contribution in [3.05, 3.63) is 59.3 Å². The number of aryl methyl sites for hydroxylation is 1. The molecule has 4 aliphatic rings. The number of nitrogen functional groups attached to an aromatic ring is 1. The minimum Gasteiger partial charge on any atom is -0.461 e. The molecule has 0 amide bonds. The predicted octanol–water partition coefficient (Wildman–Crippen LogP) is 5.50. The lowest BCUT2D eigenvalue weighted by atomic mass is 9.94. The van der Waals surface area contributed by atoms with Gasteiger partial charge in [0.25, 0.3) is 0 Å². The first-order valence-electron chi connectivity index (χ1n) is 15.6. The van der Waals surface area contributed by atoms with E-state index in [2.05, 4.69) is 10.8 Å². The molecule has 4 fully saturated rings. The average Bonchev–Trinajstić information content (AvgIpc) is 3.41. The second kappa shape index (κ2) is 10.9. The lowest BCUT2D eigenvalue weighted by molar-refractivity contribution is 0.108. The van der Waals surface area contributed by atoms with Crippen molar-refractivity contribution in [3.63, 3.8) is 0 Å². The maximum absolute atomic E-state index is 15.0. The molecule has 5 heterocycles. The molecule has 1 saturated carbocycles. The molecule has 0 unspecified atom stereocenters. The van der Waals surface area contributed by atoms with Crippen LogP contribution in [-0.4, -0.2) is 77.1 Å². The van der Waals surface area contributed by atoms with Crippen molar-refractivity contribution < 1.29 is 22.6 Å². The number of hydrogen-bond acceptors (Lipinski definition) is 8. The lowest BCUT2D eigenvalue weighted by Crippen LogP contribution is -2.43. The molecule has 2 aromatic carbocycles. The zero-order valence-corrected chi connectivity index (χ0v) is 25.4. The van der Waals surface area contributed by atoms with Gasteiger partial charge in [0.15, 0.2) is 0 Å². The van der Waals surface area contributed by atoms with Crippen LogP contribution in [0.2, 0.25) is 0 Å². The van der Waals surface area contributed by atoms with Crippen molar-refractivity contribution in [1.29, 1.82) is 0 Å². The van der Waals surface area contributed by atoms with Gasteiger partial charge in [-0.25, -0.2) is 13.2 Å². The van der Waals surface area contributed by atoms with E-state index in [1.165, 1.54) is 6.07 Å². The third-order valence-corrected chi connectivity index (χ3v) is 10.2. The SMILES string of the molecule is C#Cc1c(F)ccc2cc(N)cc(-c3ncc4c(N5CCOC[C@H]6[C@H](F)[C@H]65)nc(OC[C@@]56CCCN5C/C(=C/F)C6)nc4c3C)c12. The third kappa shape index (κ3) is 4.49. The molecule has 46 heavy (non-hydrogen) atoms. The van der Waals surface area contributed by atoms with Crippen LogP contribution in [0.25, 0.3) is 32.9 Å². The molecule has 4 aromatic rings. The Kier molecular flexibility index (Phi) is 6.85. The number of anilines is 2. The van der Waals surface area contributed by atoms with Crippen molar-refractivity contribution in [2.24, 2.45) is 5.92 Å². The molecular formula is C35H33F3N6O2. The molecule has 3 aliphatic heterocycles. The molecule has 0 spiro atoms. The number of terminal acetylenes is 1. The number of benzene rings is 2. The van der Waals surface area contributed by atoms with Gasteiger partial charge in [0.05, 0.1) is 53.3 Å². The van der Waals surface area contributed by atoms with Crippen LogP contribution >= 0.6 is 0 Å². The summed E-state index contributed by atoms with van der Waals surface area (Å²) in [7, 11) is 0. The summed E-state index contributed by atoms with van der Waals surface area (Å²) in [5, 5.41) is 1.85. The van der Waals surface area contributed by atoms with Gasteiger partial charge in [-0.15, -0.1) is 6.42 Å². The summed E-state index contributed by atoms with van der Waals surface area (Å²) in [6, 6.07) is 6.24. The zero-order chi connectivity index (χ0) is 31.7. The Morgan fingerprint density at radius 1 is 1.26 bits per heavy atom. The van der Waals surface area contributed by atoms with Crippen molar-refractivity contribution in [2.45, 2.75) is 43.9 Å². The molecule has 8 rings (SSSR count). The number of nitrogens with two attached hydrogens (primary N) is 1. The topological polar surface area (TPSA) is 89.6 Å². The van der Waals surface area contributed by atoms with Crippen LogP contribution in [-0.2, 0) is 4.74 Å². The van der Waals surface area contributed by atoms with Crippen LogP contribution in [0.1, 0.15) is 30.4 Å². The Labute approximate surface area is 264 Å². The minimum absolute atomic E-state index is 0.123. The number of alkyl halides is 1. The van der Waals surface area contributed by atoms with E-state index >= 15 is 4.39 Å². The van der Waals surface area contributed by atoms with Gasteiger partial charge in [-0.1, -0.05) is 12.0 Å². The lowest BCUT2D eigenvalue weighted by Gasteiger charge is -2.31. The fourth-order valence-corrected chi connectivity index (χ4v) is 7.87. The minimum atomic E-state index is -1.03. The Balaban J connectivity index is 1.29. The van der Waals surface area contributed by atoms with E-state index in [0.717, 1.165) is 25.0 Å². The number of hydrogen-bond donors (Lipinski definition) is 1. The number of pyridine rings is 1. The Morgan fingerprint density at radius 3 is 2.96 bits per heavy atom. The fraction of sp³-hybridized carbons (Fsp3) is 0.400. The highest BCUT2D eigenvalue weighted by atomic mass is 19.1. The molecule has 236 valence electrons. The summed E-state index contributed by atoms with van der Waals surface area (Å²) in [5.74, 6) is 2.27. The summed E-state index contributed by atoms with van der Waals surface area (Å²) in [6.07, 6.45) is 9.60. The fourth-order valence-electron chi connectivity index (χ4n) is 7.87. The molecule has 8 nitrogen and oxygen atoms in total. The first kappa shape index (κ1) is 29.0. The number of aromatic nitrogens is 3. The maximum Gasteiger partial charge on any atom is 0.319 e. The first-order chi connectivity index (χ1) is 22.3. The monoisotopic (exact) mass is 626 g/mol. The van der Waals surface area contributed by atoms with Gasteiger partial charge in [-0.3, -0.25) is 9.88 Å². The Hall–Kier alpha value is -4.40. The van der Waals surface area contributed by atoms with E-state index in [9.17, 15) is 8.78 Å². The highest BCUT2D eigenvalue weighted by Crippen LogP contribution is 2.46. The predicted molar refractivity (Wildman–Crippen MR) is 170 cm³/mol. The van der Waals surface area contributed by atoms with Crippen molar-refractivity contribution in [2.75, 3.05) is 50.1 Å². The third-order valence-electron chi connectivity index (χ3n) is 10.2. The van der Waals surface area contributed by atoms with E-state index in [0.29, 0.717) is 89.1 Å². The van der Waals surface area contributed by atoms with E-state index in [1.54, 1.807) is 24.4 Å². The van der Waals surface area contributed by atoms with Gasteiger partial charge in [0.2, 0.25) is 0 Å². The number of ether oxygens (including phenoxy) is 2. The number of fused-ring (bicyclic) bond motifs is 4. The standard InChI is InChI=1S/C35H33F3N6O2/c1-3-23-27(37)6-5-21-11-22(39)12-24(28(21)23)30-19(2)31-25(15-40-30)33(44-9-10-45-17-26-29(38)32(26)44)42-34(41-31)46-18-35-7-4-8-43(35)16-20(13-35)14-36/h1,5-6,11-12,14-15,26,29,32H,4,7-10,13,16-18,39H2,2H3/b20-14+/t26-,29-,32-,35-/m0/s1. The molecular weight excluding hydrogens is 593 g/mol. The Bertz CT molecular complexity index is 1980. The Morgan fingerprint density at radius 2 is 2.13 bits per heavy atom. The molecule has 4 atom stereocenters. The van der Waals surface area contributed by atoms with Crippen molar-refractivity contribution in [3.8, 4) is 29.6 Å². The molecule has 3 saturated heterocycles. The van der Waals surface area contributed by atoms with Crippen LogP contribution in [0.15, 0.2) is 42.4 Å². The number of nitrogens with zero attached hydrogens (tertiary/aromatic N) is 5. The van der Waals surface area contributed by atoms with Gasteiger partial charge in [0.1, 0.15) is 24.4 Å². The van der Waals surface area contributed by atoms with Crippen molar-refractivity contribution in [1.82, 2.24) is 19.9 Å². The largest absolute Gasteiger partial charge is 0.461 e. The second-order valence-corrected chi connectivity index (χ2v) is 12.9. The summed E-state index contributed by atoms with van der Waals surface area (Å²) in [6.45, 7) is 4.86. The van der Waals surface area contributed by atoms with Gasteiger partial charge >= 0.3 is 6.01 Å². The van der Waals surface area contributed by atoms with Crippen molar-refractivity contribution >= 4 is 33.2 Å². The highest BCUT2D eigenvalue weighted by molar-refractivity contribution is 6.04. The quantitative estimate of drug-likeness (QED) is 0.230. The average molecular weight is 627 g/mol. The summed E-state index contributed by atoms with van der Waals surface area (Å²) in [4.78, 5) is 18.8. The van der Waals surface area contributed by atoms with Gasteiger partial charge in [-0.2, -0.15) is 9.97 Å². The van der Waals surface area contributed by atoms with Crippen LogP contribution in [0.4, 0.5) is 24.7 Å². The maximum atomic E-state index is 15.0. The van der Waals surface area contributed by atoms with Gasteiger partial charge in [-0.05, 0) is 61.9 Å². The summed E-state index contributed by atoms with van der Waals surface area (Å²) < 4.78 is 55.6. The molecule has 11 heteroatoms. The summed E-state index contributed by atoms with van der Waals surface area (Å²) >= 11 is 0. The van der Waals surface area contributed by atoms with Crippen LogP contribution in [0.3, 0.4) is 0 Å². The number of rotatable bonds is 5. The van der Waals surface area contributed by atoms with E-state index in [1.807, 2.05) is 11.8 Å². The molecule has 1 aliphatic carbocycles. The normalized spacial score (nSPS) is 26.7. The molecule has 0 bridgehead atoms. The summed E-state index contributed by atoms with van der Waals surface area (Å²) in [5.41, 5.74) is 9.69. The highest BCUT2D eigenvalue weighted by Gasteiger charge is 2.56. The first-order valence-corrected chi connectivity index (χ1v) is 15.6. The smallest absolute Gasteiger partial charge is 0.319 e. The van der Waals surface area contributed by atoms with Crippen LogP contribution < -0.4 is 15.4 Å². The van der Waals surface area contributed by atoms with Crippen LogP contribution in [0, 0.1) is 31.0 Å². The second-order valence-electron chi connectivity index (χ2n) is 12.9. The van der Waals surface area contributed by atoms with Gasteiger partial charge < -0.3 is 20.1 Å².